The summed E-state index contributed by atoms with van der Waals surface area (Å²) in [6.45, 7) is 4.12. The monoisotopic (exact) mass is 418 g/mol. The number of aryl methyl sites for hydroxylation is 2. The zero-order chi connectivity index (χ0) is 15.4. The van der Waals surface area contributed by atoms with Gasteiger partial charge >= 0.3 is 0 Å². The van der Waals surface area contributed by atoms with E-state index < -0.39 is 0 Å². The second-order valence-corrected chi connectivity index (χ2v) is 7.17. The van der Waals surface area contributed by atoms with Crippen LogP contribution in [0.15, 0.2) is 33.2 Å². The SMILES string of the molecule is Cc1cc(Br)c2nc(-c3nc4c(Br)cc(C)cc4[nH]3)[nH]c2c1. The van der Waals surface area contributed by atoms with Gasteiger partial charge in [0.25, 0.3) is 0 Å². The van der Waals surface area contributed by atoms with Gasteiger partial charge in [-0.25, -0.2) is 9.97 Å². The topological polar surface area (TPSA) is 57.4 Å². The first-order valence-corrected chi connectivity index (χ1v) is 8.42. The molecule has 0 aliphatic carbocycles. The molecular formula is C16H12Br2N4. The van der Waals surface area contributed by atoms with Crippen molar-refractivity contribution >= 4 is 53.9 Å². The molecule has 4 nitrogen and oxygen atoms in total. The van der Waals surface area contributed by atoms with Gasteiger partial charge in [-0.05, 0) is 81.1 Å². The molecule has 0 saturated carbocycles. The number of fused-ring (bicyclic) bond motifs is 2. The van der Waals surface area contributed by atoms with E-state index >= 15 is 0 Å². The Balaban J connectivity index is 1.95. The maximum atomic E-state index is 4.66. The summed E-state index contributed by atoms with van der Waals surface area (Å²) >= 11 is 7.14. The Morgan fingerprint density at radius 1 is 0.727 bits per heavy atom. The van der Waals surface area contributed by atoms with E-state index in [0.717, 1.165) is 42.7 Å². The van der Waals surface area contributed by atoms with Crippen molar-refractivity contribution in [3.05, 3.63) is 44.3 Å². The van der Waals surface area contributed by atoms with Crippen LogP contribution in [-0.2, 0) is 0 Å². The third-order valence-electron chi connectivity index (χ3n) is 3.59. The average Bonchev–Trinajstić information content (AvgIpc) is 3.01. The van der Waals surface area contributed by atoms with Crippen LogP contribution in [0.1, 0.15) is 11.1 Å². The Labute approximate surface area is 143 Å². The highest BCUT2D eigenvalue weighted by atomic mass is 79.9. The highest BCUT2D eigenvalue weighted by Crippen LogP contribution is 2.29. The molecule has 0 saturated heterocycles. The molecule has 2 heterocycles. The number of aromatic amines is 2. The van der Waals surface area contributed by atoms with Crippen molar-refractivity contribution in [1.29, 1.82) is 0 Å². The summed E-state index contributed by atoms with van der Waals surface area (Å²) < 4.78 is 1.97. The van der Waals surface area contributed by atoms with Gasteiger partial charge in [-0.15, -0.1) is 0 Å². The Morgan fingerprint density at radius 3 is 1.55 bits per heavy atom. The molecule has 0 atom stereocenters. The molecule has 2 N–H and O–H groups in total. The van der Waals surface area contributed by atoms with Crippen LogP contribution in [0.3, 0.4) is 0 Å². The van der Waals surface area contributed by atoms with Crippen molar-refractivity contribution in [2.24, 2.45) is 0 Å². The maximum absolute atomic E-state index is 4.66. The number of nitrogens with zero attached hydrogens (tertiary/aromatic N) is 2. The van der Waals surface area contributed by atoms with Gasteiger partial charge in [0.2, 0.25) is 0 Å². The van der Waals surface area contributed by atoms with Gasteiger partial charge in [0.05, 0.1) is 11.0 Å². The number of imidazole rings is 2. The van der Waals surface area contributed by atoms with Crippen molar-refractivity contribution < 1.29 is 0 Å². The van der Waals surface area contributed by atoms with Gasteiger partial charge in [0.1, 0.15) is 11.0 Å². The number of benzene rings is 2. The molecule has 0 radical (unpaired) electrons. The van der Waals surface area contributed by atoms with Crippen molar-refractivity contribution in [3.63, 3.8) is 0 Å². The molecular weight excluding hydrogens is 408 g/mol. The van der Waals surface area contributed by atoms with Crippen LogP contribution in [-0.4, -0.2) is 19.9 Å². The number of nitrogens with one attached hydrogen (secondary N) is 2. The van der Waals surface area contributed by atoms with Crippen molar-refractivity contribution in [3.8, 4) is 11.6 Å². The number of aromatic nitrogens is 4. The molecule has 0 spiro atoms. The van der Waals surface area contributed by atoms with Gasteiger partial charge in [-0.3, -0.25) is 0 Å². The van der Waals surface area contributed by atoms with E-state index in [4.69, 9.17) is 0 Å². The lowest BCUT2D eigenvalue weighted by molar-refractivity contribution is 1.22. The van der Waals surface area contributed by atoms with Gasteiger partial charge in [-0.1, -0.05) is 0 Å². The molecule has 0 aliphatic rings. The van der Waals surface area contributed by atoms with Gasteiger partial charge in [0, 0.05) is 8.95 Å². The quantitative estimate of drug-likeness (QED) is 0.442. The Kier molecular flexibility index (Phi) is 3.13. The van der Waals surface area contributed by atoms with E-state index in [9.17, 15) is 0 Å². The summed E-state index contributed by atoms with van der Waals surface area (Å²) in [6, 6.07) is 8.29. The van der Waals surface area contributed by atoms with Crippen LogP contribution in [0.4, 0.5) is 0 Å². The van der Waals surface area contributed by atoms with Crippen LogP contribution in [0, 0.1) is 13.8 Å². The first kappa shape index (κ1) is 14.0. The second-order valence-electron chi connectivity index (χ2n) is 5.46. The predicted molar refractivity (Wildman–Crippen MR) is 96.1 cm³/mol. The van der Waals surface area contributed by atoms with Gasteiger partial charge in [-0.2, -0.15) is 0 Å². The lowest BCUT2D eigenvalue weighted by atomic mass is 10.2. The standard InChI is InChI=1S/C16H12Br2N4/c1-7-3-9(17)13-11(5-7)19-15(21-13)16-20-12-6-8(2)4-10(18)14(12)22-16/h3-6H,1-2H3,(H,19,21)(H,20,22). The first-order valence-electron chi connectivity index (χ1n) is 6.83. The van der Waals surface area contributed by atoms with E-state index in [0.29, 0.717) is 0 Å². The molecule has 2 aromatic carbocycles. The fourth-order valence-corrected chi connectivity index (χ4v) is 3.97. The zero-order valence-electron chi connectivity index (χ0n) is 12.0. The molecule has 0 bridgehead atoms. The number of H-pyrrole nitrogens is 2. The van der Waals surface area contributed by atoms with Crippen LogP contribution in [0.25, 0.3) is 33.7 Å². The molecule has 110 valence electrons. The average molecular weight is 420 g/mol. The lowest BCUT2D eigenvalue weighted by Gasteiger charge is -1.94. The molecule has 0 aliphatic heterocycles. The summed E-state index contributed by atoms with van der Waals surface area (Å²) in [5.41, 5.74) is 6.18. The molecule has 0 fully saturated rings. The molecule has 4 rings (SSSR count). The third-order valence-corrected chi connectivity index (χ3v) is 4.80. The Hall–Kier alpha value is -1.66. The van der Waals surface area contributed by atoms with Crippen molar-refractivity contribution in [2.75, 3.05) is 0 Å². The predicted octanol–water partition coefficient (Wildman–Crippen LogP) is 5.25. The highest BCUT2D eigenvalue weighted by molar-refractivity contribution is 9.11. The van der Waals surface area contributed by atoms with Gasteiger partial charge in [0.15, 0.2) is 11.6 Å². The number of rotatable bonds is 1. The number of hydrogen-bond donors (Lipinski definition) is 2. The van der Waals surface area contributed by atoms with Crippen LogP contribution in [0.2, 0.25) is 0 Å². The number of halogens is 2. The van der Waals surface area contributed by atoms with Crippen LogP contribution < -0.4 is 0 Å². The minimum absolute atomic E-state index is 0.738. The molecule has 0 unspecified atom stereocenters. The highest BCUT2D eigenvalue weighted by Gasteiger charge is 2.13. The third kappa shape index (κ3) is 2.18. The van der Waals surface area contributed by atoms with Crippen molar-refractivity contribution in [2.45, 2.75) is 13.8 Å². The smallest absolute Gasteiger partial charge is 0.174 e. The first-order chi connectivity index (χ1) is 10.5. The normalized spacial score (nSPS) is 11.6. The molecule has 0 amide bonds. The van der Waals surface area contributed by atoms with E-state index in [1.165, 1.54) is 11.1 Å². The van der Waals surface area contributed by atoms with Crippen LogP contribution >= 0.6 is 31.9 Å². The molecule has 4 aromatic rings. The molecule has 6 heteroatoms. The van der Waals surface area contributed by atoms with Gasteiger partial charge < -0.3 is 9.97 Å². The van der Waals surface area contributed by atoms with Crippen molar-refractivity contribution in [1.82, 2.24) is 19.9 Å². The summed E-state index contributed by atoms with van der Waals surface area (Å²) in [7, 11) is 0. The largest absolute Gasteiger partial charge is 0.335 e. The minimum Gasteiger partial charge on any atom is -0.335 e. The van der Waals surface area contributed by atoms with E-state index in [1.807, 2.05) is 0 Å². The number of hydrogen-bond acceptors (Lipinski definition) is 2. The fourth-order valence-electron chi connectivity index (χ4n) is 2.65. The van der Waals surface area contributed by atoms with Crippen LogP contribution in [0.5, 0.6) is 0 Å². The van der Waals surface area contributed by atoms with E-state index in [-0.39, 0.29) is 0 Å². The minimum atomic E-state index is 0.738. The molecule has 22 heavy (non-hydrogen) atoms. The van der Waals surface area contributed by atoms with E-state index in [2.05, 4.69) is 89.9 Å². The fraction of sp³-hybridized carbons (Fsp3) is 0.125. The Morgan fingerprint density at radius 2 is 1.14 bits per heavy atom. The summed E-state index contributed by atoms with van der Waals surface area (Å²) in [4.78, 5) is 16.0. The lowest BCUT2D eigenvalue weighted by Crippen LogP contribution is -1.82. The summed E-state index contributed by atoms with van der Waals surface area (Å²) in [5, 5.41) is 0. The zero-order valence-corrected chi connectivity index (χ0v) is 15.1. The summed E-state index contributed by atoms with van der Waals surface area (Å²) in [5.74, 6) is 1.48. The maximum Gasteiger partial charge on any atom is 0.174 e. The summed E-state index contributed by atoms with van der Waals surface area (Å²) in [6.07, 6.45) is 0. The van der Waals surface area contributed by atoms with E-state index in [1.54, 1.807) is 0 Å². The second kappa shape index (κ2) is 4.93. The Bertz CT molecular complexity index is 946. The molecule has 2 aromatic heterocycles.